The zero-order valence-electron chi connectivity index (χ0n) is 10.2. The van der Waals surface area contributed by atoms with Gasteiger partial charge in [-0.1, -0.05) is 22.0 Å². The number of nitrogens with one attached hydrogen (secondary N) is 1. The fraction of sp³-hybridized carbons (Fsp3) is 0.500. The fourth-order valence-electron chi connectivity index (χ4n) is 1.68. The molecule has 102 valence electrons. The molecule has 1 aromatic rings. The van der Waals surface area contributed by atoms with E-state index < -0.39 is 6.43 Å². The van der Waals surface area contributed by atoms with Gasteiger partial charge in [0.1, 0.15) is 0 Å². The highest BCUT2D eigenvalue weighted by Crippen LogP contribution is 2.24. The first kappa shape index (κ1) is 15.3. The van der Waals surface area contributed by atoms with Crippen LogP contribution in [0.1, 0.15) is 5.56 Å². The molecule has 0 aliphatic carbocycles. The molecule has 0 amide bonds. The molecule has 6 heteroatoms. The van der Waals surface area contributed by atoms with Crippen LogP contribution in [-0.2, 0) is 6.54 Å². The summed E-state index contributed by atoms with van der Waals surface area (Å²) in [4.78, 5) is 1.47. The van der Waals surface area contributed by atoms with E-state index >= 15 is 0 Å². The van der Waals surface area contributed by atoms with Gasteiger partial charge in [-0.25, -0.2) is 8.78 Å². The molecule has 18 heavy (non-hydrogen) atoms. The maximum atomic E-state index is 12.4. The molecule has 0 spiro atoms. The lowest BCUT2D eigenvalue weighted by atomic mass is 10.2. The zero-order valence-corrected chi connectivity index (χ0v) is 11.8. The summed E-state index contributed by atoms with van der Waals surface area (Å²) in [5.41, 5.74) is 1.73. The SMILES string of the molecule is CNCc1ccc(N(CCO)CC(F)F)cc1Br. The van der Waals surface area contributed by atoms with Gasteiger partial charge in [-0.3, -0.25) is 0 Å². The Morgan fingerprint density at radius 3 is 2.67 bits per heavy atom. The van der Waals surface area contributed by atoms with E-state index in [-0.39, 0.29) is 19.7 Å². The third-order valence-electron chi connectivity index (χ3n) is 2.50. The summed E-state index contributed by atoms with van der Waals surface area (Å²) in [6.07, 6.45) is -2.42. The first-order valence-electron chi connectivity index (χ1n) is 5.65. The predicted octanol–water partition coefficient (Wildman–Crippen LogP) is 2.23. The number of rotatable bonds is 7. The quantitative estimate of drug-likeness (QED) is 0.808. The highest BCUT2D eigenvalue weighted by molar-refractivity contribution is 9.10. The van der Waals surface area contributed by atoms with Gasteiger partial charge in [0.15, 0.2) is 0 Å². The second kappa shape index (κ2) is 7.66. The second-order valence-corrected chi connectivity index (χ2v) is 4.72. The van der Waals surface area contributed by atoms with E-state index in [1.54, 1.807) is 12.1 Å². The fourth-order valence-corrected chi connectivity index (χ4v) is 2.19. The summed E-state index contributed by atoms with van der Waals surface area (Å²) in [5, 5.41) is 11.9. The van der Waals surface area contributed by atoms with Crippen LogP contribution in [0.2, 0.25) is 0 Å². The number of aliphatic hydroxyl groups excluding tert-OH is 1. The normalized spacial score (nSPS) is 11.0. The second-order valence-electron chi connectivity index (χ2n) is 3.87. The monoisotopic (exact) mass is 322 g/mol. The molecule has 3 nitrogen and oxygen atoms in total. The van der Waals surface area contributed by atoms with Gasteiger partial charge in [0, 0.05) is 23.2 Å². The van der Waals surface area contributed by atoms with Crippen molar-refractivity contribution in [1.82, 2.24) is 5.32 Å². The first-order chi connectivity index (χ1) is 8.58. The minimum atomic E-state index is -2.42. The number of alkyl halides is 2. The molecule has 0 aliphatic rings. The van der Waals surface area contributed by atoms with Crippen LogP contribution in [0.25, 0.3) is 0 Å². The minimum Gasteiger partial charge on any atom is -0.395 e. The van der Waals surface area contributed by atoms with Gasteiger partial charge in [0.25, 0.3) is 6.43 Å². The topological polar surface area (TPSA) is 35.5 Å². The summed E-state index contributed by atoms with van der Waals surface area (Å²) < 4.78 is 25.8. The van der Waals surface area contributed by atoms with Crippen LogP contribution in [0.5, 0.6) is 0 Å². The Morgan fingerprint density at radius 2 is 2.17 bits per heavy atom. The summed E-state index contributed by atoms with van der Waals surface area (Å²) in [6, 6.07) is 5.46. The Hall–Kier alpha value is -0.720. The lowest BCUT2D eigenvalue weighted by molar-refractivity contribution is 0.153. The van der Waals surface area contributed by atoms with Crippen LogP contribution in [0.15, 0.2) is 22.7 Å². The Kier molecular flexibility index (Phi) is 6.52. The van der Waals surface area contributed by atoms with Gasteiger partial charge < -0.3 is 15.3 Å². The van der Waals surface area contributed by atoms with Crippen molar-refractivity contribution in [2.24, 2.45) is 0 Å². The molecule has 0 atom stereocenters. The molecule has 0 radical (unpaired) electrons. The molecule has 0 unspecified atom stereocenters. The van der Waals surface area contributed by atoms with Crippen LogP contribution in [0.4, 0.5) is 14.5 Å². The number of anilines is 1. The van der Waals surface area contributed by atoms with Crippen molar-refractivity contribution in [3.63, 3.8) is 0 Å². The largest absolute Gasteiger partial charge is 0.395 e. The van der Waals surface area contributed by atoms with Crippen LogP contribution >= 0.6 is 15.9 Å². The van der Waals surface area contributed by atoms with E-state index in [4.69, 9.17) is 5.11 Å². The lowest BCUT2D eigenvalue weighted by Crippen LogP contribution is -2.31. The Labute approximate surface area is 114 Å². The Morgan fingerprint density at radius 1 is 1.44 bits per heavy atom. The van der Waals surface area contributed by atoms with Crippen molar-refractivity contribution in [1.29, 1.82) is 0 Å². The van der Waals surface area contributed by atoms with Crippen molar-refractivity contribution < 1.29 is 13.9 Å². The van der Waals surface area contributed by atoms with Gasteiger partial charge in [0.05, 0.1) is 13.2 Å². The summed E-state index contributed by atoms with van der Waals surface area (Å²) in [7, 11) is 1.84. The van der Waals surface area contributed by atoms with Gasteiger partial charge in [-0.2, -0.15) is 0 Å². The van der Waals surface area contributed by atoms with Gasteiger partial charge in [-0.05, 0) is 24.7 Å². The standard InChI is InChI=1S/C12H17BrF2N2O/c1-16-7-9-2-3-10(6-11(9)13)17(4-5-18)8-12(14)15/h2-3,6,12,16,18H,4-5,7-8H2,1H3. The number of hydrogen-bond acceptors (Lipinski definition) is 3. The van der Waals surface area contributed by atoms with E-state index in [9.17, 15) is 8.78 Å². The summed E-state index contributed by atoms with van der Waals surface area (Å²) >= 11 is 3.42. The molecule has 0 bridgehead atoms. The van der Waals surface area contributed by atoms with E-state index in [1.807, 2.05) is 13.1 Å². The smallest absolute Gasteiger partial charge is 0.255 e. The van der Waals surface area contributed by atoms with Gasteiger partial charge in [0.2, 0.25) is 0 Å². The molecular formula is C12H17BrF2N2O. The minimum absolute atomic E-state index is 0.150. The maximum absolute atomic E-state index is 12.4. The van der Waals surface area contributed by atoms with Crippen molar-refractivity contribution in [2.75, 3.05) is 31.6 Å². The van der Waals surface area contributed by atoms with Crippen molar-refractivity contribution in [3.05, 3.63) is 28.2 Å². The average molecular weight is 323 g/mol. The third kappa shape index (κ3) is 4.51. The molecule has 0 heterocycles. The third-order valence-corrected chi connectivity index (χ3v) is 3.24. The van der Waals surface area contributed by atoms with Crippen molar-refractivity contribution in [3.8, 4) is 0 Å². The van der Waals surface area contributed by atoms with E-state index in [2.05, 4.69) is 21.2 Å². The lowest BCUT2D eigenvalue weighted by Gasteiger charge is -2.24. The molecule has 2 N–H and O–H groups in total. The number of hydrogen-bond donors (Lipinski definition) is 2. The number of halogens is 3. The number of nitrogens with zero attached hydrogens (tertiary/aromatic N) is 1. The highest BCUT2D eigenvalue weighted by Gasteiger charge is 2.13. The Bertz CT molecular complexity index is 377. The average Bonchev–Trinajstić information content (AvgIpc) is 2.31. The van der Waals surface area contributed by atoms with Crippen LogP contribution in [0, 0.1) is 0 Å². The summed E-state index contributed by atoms with van der Waals surface area (Å²) in [6.45, 7) is 0.374. The first-order valence-corrected chi connectivity index (χ1v) is 6.44. The maximum Gasteiger partial charge on any atom is 0.255 e. The van der Waals surface area contributed by atoms with Crippen LogP contribution < -0.4 is 10.2 Å². The van der Waals surface area contributed by atoms with Gasteiger partial charge >= 0.3 is 0 Å². The number of benzene rings is 1. The van der Waals surface area contributed by atoms with E-state index in [0.29, 0.717) is 12.2 Å². The molecule has 0 saturated carbocycles. The Balaban J connectivity index is 2.88. The summed E-state index contributed by atoms with van der Waals surface area (Å²) in [5.74, 6) is 0. The molecule has 0 aliphatic heterocycles. The molecule has 1 rings (SSSR count). The molecule has 0 fully saturated rings. The number of aliphatic hydroxyl groups is 1. The van der Waals surface area contributed by atoms with Crippen molar-refractivity contribution in [2.45, 2.75) is 13.0 Å². The van der Waals surface area contributed by atoms with E-state index in [0.717, 1.165) is 10.0 Å². The molecule has 0 saturated heterocycles. The van der Waals surface area contributed by atoms with Crippen LogP contribution in [0.3, 0.4) is 0 Å². The zero-order chi connectivity index (χ0) is 13.5. The molecule has 1 aromatic carbocycles. The predicted molar refractivity (Wildman–Crippen MR) is 72.2 cm³/mol. The van der Waals surface area contributed by atoms with E-state index in [1.165, 1.54) is 4.90 Å². The van der Waals surface area contributed by atoms with Crippen LogP contribution in [-0.4, -0.2) is 38.3 Å². The van der Waals surface area contributed by atoms with Crippen molar-refractivity contribution >= 4 is 21.6 Å². The molecule has 0 aromatic heterocycles. The highest BCUT2D eigenvalue weighted by atomic mass is 79.9. The molecular weight excluding hydrogens is 306 g/mol. The van der Waals surface area contributed by atoms with Gasteiger partial charge in [-0.15, -0.1) is 0 Å².